The highest BCUT2D eigenvalue weighted by atomic mass is 32.2. The summed E-state index contributed by atoms with van der Waals surface area (Å²) in [6, 6.07) is 16.6. The summed E-state index contributed by atoms with van der Waals surface area (Å²) in [4.78, 5) is 15.5. The number of morpholine rings is 1. The van der Waals surface area contributed by atoms with Gasteiger partial charge in [0.15, 0.2) is 0 Å². The summed E-state index contributed by atoms with van der Waals surface area (Å²) in [7, 11) is -3.71. The van der Waals surface area contributed by atoms with Crippen LogP contribution in [0.1, 0.15) is 48.7 Å². The number of carbonyl (C=O) groups is 1. The highest BCUT2D eigenvalue weighted by molar-refractivity contribution is 7.89. The van der Waals surface area contributed by atoms with Gasteiger partial charge in [0.2, 0.25) is 10.0 Å². The molecule has 178 valence electrons. The molecule has 2 fully saturated rings. The van der Waals surface area contributed by atoms with Crippen molar-refractivity contribution in [2.45, 2.75) is 49.8 Å². The van der Waals surface area contributed by atoms with Crippen LogP contribution in [0.25, 0.3) is 0 Å². The first kappa shape index (κ1) is 23.9. The standard InChI is InChI=1S/C25H33N3O4S/c1-19-17-28(18-20(2)32-19)33(30,31)23-12-8-11-22(15-23)25(29)26-16-24(27-13-6-7-14-27)21-9-4-3-5-10-21/h3-5,8-12,15,19-20,24H,6-7,13-14,16-18H2,1-2H3,(H,26,29). The van der Waals surface area contributed by atoms with Crippen LogP contribution in [0.4, 0.5) is 0 Å². The SMILES string of the molecule is CC1CN(S(=O)(=O)c2cccc(C(=O)NCC(c3ccccc3)N3CCCC3)c2)CC(C)O1. The first-order valence-electron chi connectivity index (χ1n) is 11.7. The van der Waals surface area contributed by atoms with Crippen LogP contribution in [-0.2, 0) is 14.8 Å². The van der Waals surface area contributed by atoms with Crippen molar-refractivity contribution in [3.05, 3.63) is 65.7 Å². The molecule has 2 aliphatic heterocycles. The molecule has 1 N–H and O–H groups in total. The van der Waals surface area contributed by atoms with Gasteiger partial charge in [0.1, 0.15) is 0 Å². The molecule has 0 radical (unpaired) electrons. The molecule has 0 bridgehead atoms. The number of nitrogens with zero attached hydrogens (tertiary/aromatic N) is 2. The third-order valence-electron chi connectivity index (χ3n) is 6.34. The molecule has 0 aromatic heterocycles. The van der Waals surface area contributed by atoms with Crippen LogP contribution < -0.4 is 5.32 Å². The van der Waals surface area contributed by atoms with E-state index < -0.39 is 10.0 Å². The van der Waals surface area contributed by atoms with Gasteiger partial charge in [-0.1, -0.05) is 36.4 Å². The summed E-state index contributed by atoms with van der Waals surface area (Å²) in [5.74, 6) is -0.268. The van der Waals surface area contributed by atoms with Gasteiger partial charge in [-0.2, -0.15) is 4.31 Å². The van der Waals surface area contributed by atoms with Gasteiger partial charge >= 0.3 is 0 Å². The monoisotopic (exact) mass is 471 g/mol. The van der Waals surface area contributed by atoms with Crippen molar-refractivity contribution in [1.29, 1.82) is 0 Å². The molecule has 33 heavy (non-hydrogen) atoms. The number of amides is 1. The Labute approximate surface area is 196 Å². The van der Waals surface area contributed by atoms with Crippen LogP contribution in [0.15, 0.2) is 59.5 Å². The van der Waals surface area contributed by atoms with E-state index in [1.54, 1.807) is 18.2 Å². The van der Waals surface area contributed by atoms with E-state index >= 15 is 0 Å². The van der Waals surface area contributed by atoms with E-state index in [2.05, 4.69) is 22.3 Å². The second kappa shape index (κ2) is 10.3. The second-order valence-corrected chi connectivity index (χ2v) is 10.9. The lowest BCUT2D eigenvalue weighted by atomic mass is 10.1. The minimum Gasteiger partial charge on any atom is -0.373 e. The van der Waals surface area contributed by atoms with Crippen molar-refractivity contribution in [2.75, 3.05) is 32.7 Å². The maximum atomic E-state index is 13.2. The fraction of sp³-hybridized carbons (Fsp3) is 0.480. The second-order valence-electron chi connectivity index (χ2n) is 8.99. The van der Waals surface area contributed by atoms with Crippen LogP contribution in [0.3, 0.4) is 0 Å². The van der Waals surface area contributed by atoms with Crippen molar-refractivity contribution in [1.82, 2.24) is 14.5 Å². The summed E-state index contributed by atoms with van der Waals surface area (Å²) in [6.07, 6.45) is 1.98. The van der Waals surface area contributed by atoms with Gasteiger partial charge in [-0.25, -0.2) is 8.42 Å². The topological polar surface area (TPSA) is 79.0 Å². The predicted molar refractivity (Wildman–Crippen MR) is 128 cm³/mol. The Kier molecular flexibility index (Phi) is 7.48. The smallest absolute Gasteiger partial charge is 0.251 e. The maximum absolute atomic E-state index is 13.2. The van der Waals surface area contributed by atoms with E-state index in [0.29, 0.717) is 25.2 Å². The molecule has 4 rings (SSSR count). The maximum Gasteiger partial charge on any atom is 0.251 e. The number of sulfonamides is 1. The van der Waals surface area contributed by atoms with E-state index in [-0.39, 0.29) is 29.1 Å². The van der Waals surface area contributed by atoms with Gasteiger partial charge in [0.25, 0.3) is 5.91 Å². The summed E-state index contributed by atoms with van der Waals surface area (Å²) < 4.78 is 33.5. The first-order valence-corrected chi connectivity index (χ1v) is 13.1. The zero-order valence-corrected chi connectivity index (χ0v) is 20.1. The normalized spacial score (nSPS) is 23.3. The van der Waals surface area contributed by atoms with Crippen molar-refractivity contribution >= 4 is 15.9 Å². The van der Waals surface area contributed by atoms with E-state index in [9.17, 15) is 13.2 Å². The summed E-state index contributed by atoms with van der Waals surface area (Å²) in [5.41, 5.74) is 1.52. The van der Waals surface area contributed by atoms with Gasteiger partial charge in [0.05, 0.1) is 23.1 Å². The van der Waals surface area contributed by atoms with E-state index in [0.717, 1.165) is 25.9 Å². The first-order chi connectivity index (χ1) is 15.8. The number of likely N-dealkylation sites (tertiary alicyclic amines) is 1. The Morgan fingerprint density at radius 1 is 1.03 bits per heavy atom. The number of ether oxygens (including phenoxy) is 1. The average Bonchev–Trinajstić information content (AvgIpc) is 3.34. The minimum atomic E-state index is -3.71. The largest absolute Gasteiger partial charge is 0.373 e. The Morgan fingerprint density at radius 3 is 2.36 bits per heavy atom. The van der Waals surface area contributed by atoms with Crippen molar-refractivity contribution in [3.8, 4) is 0 Å². The quantitative estimate of drug-likeness (QED) is 0.672. The van der Waals surface area contributed by atoms with Crippen LogP contribution in [-0.4, -0.2) is 68.5 Å². The number of hydrogen-bond donors (Lipinski definition) is 1. The molecule has 2 aromatic rings. The third kappa shape index (κ3) is 5.63. The molecule has 3 unspecified atom stereocenters. The van der Waals surface area contributed by atoms with Gasteiger partial charge in [-0.3, -0.25) is 9.69 Å². The molecular weight excluding hydrogens is 438 g/mol. The van der Waals surface area contributed by atoms with E-state index in [4.69, 9.17) is 4.74 Å². The number of rotatable bonds is 7. The molecule has 0 spiro atoms. The zero-order chi connectivity index (χ0) is 23.4. The highest BCUT2D eigenvalue weighted by Crippen LogP contribution is 2.25. The van der Waals surface area contributed by atoms with Crippen LogP contribution in [0.2, 0.25) is 0 Å². The van der Waals surface area contributed by atoms with Crippen LogP contribution in [0, 0.1) is 0 Å². The van der Waals surface area contributed by atoms with Crippen LogP contribution >= 0.6 is 0 Å². The summed E-state index contributed by atoms with van der Waals surface area (Å²) in [6.45, 7) is 6.84. The van der Waals surface area contributed by atoms with Crippen molar-refractivity contribution in [3.63, 3.8) is 0 Å². The molecule has 2 heterocycles. The van der Waals surface area contributed by atoms with Gasteiger partial charge in [-0.15, -0.1) is 0 Å². The number of nitrogens with one attached hydrogen (secondary N) is 1. The minimum absolute atomic E-state index is 0.0980. The summed E-state index contributed by atoms with van der Waals surface area (Å²) in [5, 5.41) is 3.04. The molecule has 2 aromatic carbocycles. The third-order valence-corrected chi connectivity index (χ3v) is 8.17. The Bertz CT molecular complexity index is 1040. The molecule has 0 saturated carbocycles. The van der Waals surface area contributed by atoms with Crippen LogP contribution in [0.5, 0.6) is 0 Å². The molecule has 0 aliphatic carbocycles. The molecule has 2 aliphatic rings. The highest BCUT2D eigenvalue weighted by Gasteiger charge is 2.32. The molecule has 1 amide bonds. The fourth-order valence-electron chi connectivity index (χ4n) is 4.75. The number of carbonyl (C=O) groups excluding carboxylic acids is 1. The van der Waals surface area contributed by atoms with E-state index in [1.807, 2.05) is 32.0 Å². The lowest BCUT2D eigenvalue weighted by Crippen LogP contribution is -2.48. The molecular formula is C25H33N3O4S. The molecule has 7 nitrogen and oxygen atoms in total. The van der Waals surface area contributed by atoms with Gasteiger partial charge in [-0.05, 0) is 63.5 Å². The van der Waals surface area contributed by atoms with Crippen molar-refractivity contribution < 1.29 is 17.9 Å². The Balaban J connectivity index is 1.48. The van der Waals surface area contributed by atoms with Gasteiger partial charge in [0, 0.05) is 25.2 Å². The zero-order valence-electron chi connectivity index (χ0n) is 19.3. The number of benzene rings is 2. The Hall–Kier alpha value is -2.26. The lowest BCUT2D eigenvalue weighted by Gasteiger charge is -2.34. The Morgan fingerprint density at radius 2 is 1.70 bits per heavy atom. The number of hydrogen-bond acceptors (Lipinski definition) is 5. The van der Waals surface area contributed by atoms with E-state index in [1.165, 1.54) is 15.9 Å². The lowest BCUT2D eigenvalue weighted by molar-refractivity contribution is -0.0440. The molecule has 2 saturated heterocycles. The fourth-order valence-corrected chi connectivity index (χ4v) is 6.39. The average molecular weight is 472 g/mol. The summed E-state index contributed by atoms with van der Waals surface area (Å²) >= 11 is 0. The van der Waals surface area contributed by atoms with Gasteiger partial charge < -0.3 is 10.1 Å². The molecule has 3 atom stereocenters. The van der Waals surface area contributed by atoms with Crippen molar-refractivity contribution in [2.24, 2.45) is 0 Å². The molecule has 8 heteroatoms. The predicted octanol–water partition coefficient (Wildman–Crippen LogP) is 3.05.